The fourth-order valence-electron chi connectivity index (χ4n) is 3.75. The maximum absolute atomic E-state index is 12.4. The summed E-state index contributed by atoms with van der Waals surface area (Å²) in [6.07, 6.45) is 2.61. The number of piperazine rings is 1. The van der Waals surface area contributed by atoms with Gasteiger partial charge in [0.1, 0.15) is 0 Å². The summed E-state index contributed by atoms with van der Waals surface area (Å²) < 4.78 is 37.1. The monoisotopic (exact) mass is 292 g/mol. The Morgan fingerprint density at radius 3 is 2.50 bits per heavy atom. The van der Waals surface area contributed by atoms with Gasteiger partial charge in [-0.2, -0.15) is 13.2 Å². The minimum Gasteiger partial charge on any atom is -0.311 e. The molecule has 2 aliphatic rings. The molecule has 5 heteroatoms. The first-order valence-electron chi connectivity index (χ1n) is 8.00. The van der Waals surface area contributed by atoms with Gasteiger partial charge in [0.25, 0.3) is 0 Å². The second-order valence-corrected chi connectivity index (χ2v) is 6.44. The van der Waals surface area contributed by atoms with E-state index >= 15 is 0 Å². The first-order valence-corrected chi connectivity index (χ1v) is 8.00. The summed E-state index contributed by atoms with van der Waals surface area (Å²) in [6, 6.07) is 0.438. The quantitative estimate of drug-likeness (QED) is 0.849. The van der Waals surface area contributed by atoms with E-state index in [1.807, 2.05) is 0 Å². The SMILES string of the molecule is CCC1CN(CCCC(F)(F)F)C2(CCCCC2)CN1. The summed E-state index contributed by atoms with van der Waals surface area (Å²) in [4.78, 5) is 2.38. The van der Waals surface area contributed by atoms with E-state index in [4.69, 9.17) is 0 Å². The predicted molar refractivity (Wildman–Crippen MR) is 74.8 cm³/mol. The number of halogens is 3. The maximum Gasteiger partial charge on any atom is 0.389 e. The molecular weight excluding hydrogens is 265 g/mol. The fraction of sp³-hybridized carbons (Fsp3) is 1.00. The lowest BCUT2D eigenvalue weighted by molar-refractivity contribution is -0.137. The lowest BCUT2D eigenvalue weighted by Gasteiger charge is -2.52. The molecule has 0 bridgehead atoms. The summed E-state index contributed by atoms with van der Waals surface area (Å²) in [5.74, 6) is 0. The van der Waals surface area contributed by atoms with Crippen LogP contribution >= 0.6 is 0 Å². The first kappa shape index (κ1) is 16.1. The van der Waals surface area contributed by atoms with Gasteiger partial charge in [0.05, 0.1) is 0 Å². The van der Waals surface area contributed by atoms with Crippen LogP contribution in [-0.4, -0.2) is 42.3 Å². The second-order valence-electron chi connectivity index (χ2n) is 6.44. The third-order valence-corrected chi connectivity index (χ3v) is 5.00. The number of alkyl halides is 3. The molecule has 2 fully saturated rings. The Balaban J connectivity index is 1.95. The third kappa shape index (κ3) is 4.10. The van der Waals surface area contributed by atoms with Gasteiger partial charge in [-0.3, -0.25) is 4.90 Å². The molecule has 0 radical (unpaired) electrons. The van der Waals surface area contributed by atoms with Crippen LogP contribution < -0.4 is 5.32 Å². The standard InChI is InChI=1S/C15H27F3N2/c1-2-13-11-20(10-6-9-15(16,17)18)14(12-19-13)7-4-3-5-8-14/h13,19H,2-12H2,1H3. The van der Waals surface area contributed by atoms with Gasteiger partial charge in [0, 0.05) is 31.1 Å². The molecule has 1 heterocycles. The molecule has 0 aromatic rings. The smallest absolute Gasteiger partial charge is 0.311 e. The Labute approximate surface area is 120 Å². The Morgan fingerprint density at radius 2 is 1.90 bits per heavy atom. The van der Waals surface area contributed by atoms with E-state index in [1.54, 1.807) is 0 Å². The molecule has 1 saturated heterocycles. The van der Waals surface area contributed by atoms with Crippen molar-refractivity contribution in [2.45, 2.75) is 76.0 Å². The highest BCUT2D eigenvalue weighted by atomic mass is 19.4. The van der Waals surface area contributed by atoms with Crippen molar-refractivity contribution in [3.05, 3.63) is 0 Å². The number of nitrogens with one attached hydrogen (secondary N) is 1. The highest BCUT2D eigenvalue weighted by Crippen LogP contribution is 2.36. The van der Waals surface area contributed by atoms with E-state index < -0.39 is 12.6 Å². The lowest BCUT2D eigenvalue weighted by atomic mass is 9.78. The van der Waals surface area contributed by atoms with Crippen LogP contribution in [0.2, 0.25) is 0 Å². The molecule has 0 aromatic heterocycles. The molecule has 1 unspecified atom stereocenters. The molecule has 0 aromatic carbocycles. The molecule has 1 atom stereocenters. The van der Waals surface area contributed by atoms with E-state index in [1.165, 1.54) is 19.3 Å². The predicted octanol–water partition coefficient (Wildman–Crippen LogP) is 3.72. The van der Waals surface area contributed by atoms with Crippen molar-refractivity contribution in [2.24, 2.45) is 0 Å². The Morgan fingerprint density at radius 1 is 1.20 bits per heavy atom. The molecule has 0 amide bonds. The molecule has 1 spiro atoms. The highest BCUT2D eigenvalue weighted by molar-refractivity contribution is 5.00. The van der Waals surface area contributed by atoms with Gasteiger partial charge >= 0.3 is 6.18 Å². The van der Waals surface area contributed by atoms with E-state index in [0.717, 1.165) is 32.4 Å². The average molecular weight is 292 g/mol. The highest BCUT2D eigenvalue weighted by Gasteiger charge is 2.41. The largest absolute Gasteiger partial charge is 0.389 e. The second kappa shape index (κ2) is 6.65. The number of rotatable bonds is 4. The van der Waals surface area contributed by atoms with Gasteiger partial charge in [-0.25, -0.2) is 0 Å². The zero-order valence-electron chi connectivity index (χ0n) is 12.4. The summed E-state index contributed by atoms with van der Waals surface area (Å²) in [6.45, 7) is 4.61. The summed E-state index contributed by atoms with van der Waals surface area (Å²) >= 11 is 0. The summed E-state index contributed by atoms with van der Waals surface area (Å²) in [5.41, 5.74) is 0.134. The van der Waals surface area contributed by atoms with Crippen molar-refractivity contribution >= 4 is 0 Å². The van der Waals surface area contributed by atoms with Gasteiger partial charge in [0.2, 0.25) is 0 Å². The van der Waals surface area contributed by atoms with Crippen molar-refractivity contribution in [3.63, 3.8) is 0 Å². The molecule has 2 rings (SSSR count). The van der Waals surface area contributed by atoms with E-state index in [2.05, 4.69) is 17.1 Å². The van der Waals surface area contributed by atoms with Gasteiger partial charge in [0.15, 0.2) is 0 Å². The molecule has 2 nitrogen and oxygen atoms in total. The number of nitrogens with zero attached hydrogens (tertiary/aromatic N) is 1. The summed E-state index contributed by atoms with van der Waals surface area (Å²) in [5, 5.41) is 3.60. The van der Waals surface area contributed by atoms with Gasteiger partial charge in [-0.15, -0.1) is 0 Å². The summed E-state index contributed by atoms with van der Waals surface area (Å²) in [7, 11) is 0. The van der Waals surface area contributed by atoms with Crippen molar-refractivity contribution in [3.8, 4) is 0 Å². The van der Waals surface area contributed by atoms with Crippen LogP contribution in [0.3, 0.4) is 0 Å². The Hall–Kier alpha value is -0.290. The number of hydrogen-bond donors (Lipinski definition) is 1. The first-order chi connectivity index (χ1) is 9.45. The molecule has 1 saturated carbocycles. The van der Waals surface area contributed by atoms with E-state index in [9.17, 15) is 13.2 Å². The number of hydrogen-bond acceptors (Lipinski definition) is 2. The van der Waals surface area contributed by atoms with Gasteiger partial charge in [-0.05, 0) is 32.2 Å². The van der Waals surface area contributed by atoms with E-state index in [0.29, 0.717) is 12.6 Å². The Bertz CT molecular complexity index is 298. The Kier molecular flexibility index (Phi) is 5.35. The molecule has 1 N–H and O–H groups in total. The topological polar surface area (TPSA) is 15.3 Å². The van der Waals surface area contributed by atoms with Gasteiger partial charge in [-0.1, -0.05) is 26.2 Å². The minimum atomic E-state index is -4.02. The normalized spacial score (nSPS) is 27.9. The van der Waals surface area contributed by atoms with Crippen molar-refractivity contribution in [1.82, 2.24) is 10.2 Å². The van der Waals surface area contributed by atoms with Crippen LogP contribution in [0, 0.1) is 0 Å². The van der Waals surface area contributed by atoms with E-state index in [-0.39, 0.29) is 12.0 Å². The van der Waals surface area contributed by atoms with Crippen LogP contribution in [0.25, 0.3) is 0 Å². The van der Waals surface area contributed by atoms with Gasteiger partial charge < -0.3 is 5.32 Å². The zero-order chi connectivity index (χ0) is 14.6. The molecule has 1 aliphatic carbocycles. The molecule has 20 heavy (non-hydrogen) atoms. The van der Waals surface area contributed by atoms with Crippen LogP contribution in [0.15, 0.2) is 0 Å². The zero-order valence-corrected chi connectivity index (χ0v) is 12.4. The van der Waals surface area contributed by atoms with Crippen LogP contribution in [0.5, 0.6) is 0 Å². The minimum absolute atomic E-state index is 0.134. The van der Waals surface area contributed by atoms with Crippen molar-refractivity contribution < 1.29 is 13.2 Å². The molecule has 118 valence electrons. The van der Waals surface area contributed by atoms with Crippen LogP contribution in [0.1, 0.15) is 58.3 Å². The van der Waals surface area contributed by atoms with Crippen molar-refractivity contribution in [1.29, 1.82) is 0 Å². The van der Waals surface area contributed by atoms with Crippen molar-refractivity contribution in [2.75, 3.05) is 19.6 Å². The van der Waals surface area contributed by atoms with Crippen LogP contribution in [-0.2, 0) is 0 Å². The molecular formula is C15H27F3N2. The third-order valence-electron chi connectivity index (χ3n) is 5.00. The fourth-order valence-corrected chi connectivity index (χ4v) is 3.75. The maximum atomic E-state index is 12.4. The van der Waals surface area contributed by atoms with Crippen LogP contribution in [0.4, 0.5) is 13.2 Å². The molecule has 1 aliphatic heterocycles. The average Bonchev–Trinajstić information content (AvgIpc) is 2.41. The lowest BCUT2D eigenvalue weighted by Crippen LogP contribution is -2.65.